The largest absolute Gasteiger partial charge is 0.477 e. The Morgan fingerprint density at radius 1 is 1.35 bits per heavy atom. The molecule has 102 valence electrons. The minimum absolute atomic E-state index is 0.199. The van der Waals surface area contributed by atoms with Crippen LogP contribution in [0.4, 0.5) is 0 Å². The lowest BCUT2D eigenvalue weighted by atomic mass is 10.1. The molecular weight excluding hydrogens is 262 g/mol. The summed E-state index contributed by atoms with van der Waals surface area (Å²) in [5, 5.41) is 17.3. The van der Waals surface area contributed by atoms with Gasteiger partial charge in [0.2, 0.25) is 0 Å². The lowest BCUT2D eigenvalue weighted by Crippen LogP contribution is -2.08. The molecule has 0 amide bonds. The third-order valence-corrected chi connectivity index (χ3v) is 2.10. The molecule has 0 bridgehead atoms. The van der Waals surface area contributed by atoms with Gasteiger partial charge >= 0.3 is 11.9 Å². The molecule has 1 N–H and O–H groups in total. The Morgan fingerprint density at radius 2 is 1.95 bits per heavy atom. The molecule has 1 rings (SSSR count). The van der Waals surface area contributed by atoms with Gasteiger partial charge in [-0.25, -0.2) is 14.5 Å². The molecule has 6 nitrogen and oxygen atoms in total. The third kappa shape index (κ3) is 4.31. The fraction of sp³-hybridized carbons (Fsp3) is 0.0714. The van der Waals surface area contributed by atoms with Gasteiger partial charge in [0, 0.05) is 5.57 Å². The number of hydrogen-bond donors (Lipinski definition) is 1. The summed E-state index contributed by atoms with van der Waals surface area (Å²) in [6.45, 7) is 4.87. The highest BCUT2D eigenvalue weighted by Gasteiger charge is 2.07. The monoisotopic (exact) mass is 273 g/mol. The van der Waals surface area contributed by atoms with Gasteiger partial charge < -0.3 is 5.11 Å². The number of rotatable bonds is 5. The van der Waals surface area contributed by atoms with Crippen molar-refractivity contribution in [1.29, 1.82) is 5.26 Å². The summed E-state index contributed by atoms with van der Waals surface area (Å²) in [7, 11) is 0. The highest BCUT2D eigenvalue weighted by Crippen LogP contribution is 2.15. The van der Waals surface area contributed by atoms with Crippen molar-refractivity contribution in [3.05, 3.63) is 47.6 Å². The zero-order valence-electron chi connectivity index (χ0n) is 10.6. The van der Waals surface area contributed by atoms with Crippen LogP contribution in [-0.4, -0.2) is 17.0 Å². The molecule has 0 aliphatic carbocycles. The van der Waals surface area contributed by atoms with Crippen molar-refractivity contribution in [3.63, 3.8) is 0 Å². The van der Waals surface area contributed by atoms with E-state index >= 15 is 0 Å². The zero-order chi connectivity index (χ0) is 15.1. The average Bonchev–Trinajstić information content (AvgIpc) is 2.42. The Kier molecular flexibility index (Phi) is 5.06. The van der Waals surface area contributed by atoms with Gasteiger partial charge in [0.25, 0.3) is 0 Å². The second-order valence-electron chi connectivity index (χ2n) is 3.78. The van der Waals surface area contributed by atoms with Crippen molar-refractivity contribution < 1.29 is 24.5 Å². The highest BCUT2D eigenvalue weighted by molar-refractivity contribution is 5.96. The van der Waals surface area contributed by atoms with Crippen LogP contribution >= 0.6 is 0 Å². The Morgan fingerprint density at radius 3 is 2.40 bits per heavy atom. The fourth-order valence-corrected chi connectivity index (χ4v) is 1.09. The highest BCUT2D eigenvalue weighted by atomic mass is 17.2. The van der Waals surface area contributed by atoms with E-state index in [-0.39, 0.29) is 16.9 Å². The van der Waals surface area contributed by atoms with Crippen molar-refractivity contribution in [2.24, 2.45) is 0 Å². The van der Waals surface area contributed by atoms with Gasteiger partial charge in [-0.2, -0.15) is 5.26 Å². The lowest BCUT2D eigenvalue weighted by Gasteiger charge is -2.04. The van der Waals surface area contributed by atoms with E-state index in [1.807, 2.05) is 0 Å². The Balaban J connectivity index is 2.75. The van der Waals surface area contributed by atoms with Gasteiger partial charge in [-0.05, 0) is 30.7 Å². The van der Waals surface area contributed by atoms with Crippen LogP contribution in [0.15, 0.2) is 42.0 Å². The third-order valence-electron chi connectivity index (χ3n) is 2.10. The van der Waals surface area contributed by atoms with Crippen LogP contribution in [0, 0.1) is 11.3 Å². The van der Waals surface area contributed by atoms with Crippen LogP contribution in [0.1, 0.15) is 12.5 Å². The molecule has 0 aliphatic heterocycles. The number of carboxylic acid groups (broad SMARTS) is 1. The van der Waals surface area contributed by atoms with E-state index in [1.165, 1.54) is 37.3 Å². The maximum Gasteiger partial charge on any atom is 0.381 e. The van der Waals surface area contributed by atoms with Crippen LogP contribution in [0.3, 0.4) is 0 Å². The van der Waals surface area contributed by atoms with Crippen molar-refractivity contribution in [1.82, 2.24) is 0 Å². The van der Waals surface area contributed by atoms with E-state index in [0.717, 1.165) is 0 Å². The first-order valence-corrected chi connectivity index (χ1v) is 5.43. The van der Waals surface area contributed by atoms with Gasteiger partial charge in [-0.15, -0.1) is 0 Å². The SMILES string of the molecule is C=C(C)C(=O)OOc1ccc(C=C(C#N)C(=O)O)cc1. The van der Waals surface area contributed by atoms with E-state index in [0.29, 0.717) is 5.56 Å². The zero-order valence-corrected chi connectivity index (χ0v) is 10.6. The Hall–Kier alpha value is -3.07. The molecule has 0 radical (unpaired) electrons. The van der Waals surface area contributed by atoms with Crippen molar-refractivity contribution in [3.8, 4) is 11.8 Å². The number of carbonyl (C=O) groups is 2. The van der Waals surface area contributed by atoms with Crippen LogP contribution < -0.4 is 4.89 Å². The molecule has 0 aromatic heterocycles. The number of aliphatic carboxylic acids is 1. The fourth-order valence-electron chi connectivity index (χ4n) is 1.09. The maximum absolute atomic E-state index is 11.1. The number of hydrogen-bond acceptors (Lipinski definition) is 5. The standard InChI is InChI=1S/C14H11NO5/c1-9(2)14(18)20-19-12-5-3-10(4-6-12)7-11(8-15)13(16)17/h3-7H,1H2,2H3,(H,16,17). The summed E-state index contributed by atoms with van der Waals surface area (Å²) >= 11 is 0. The van der Waals surface area contributed by atoms with Crippen LogP contribution in [0.25, 0.3) is 6.08 Å². The topological polar surface area (TPSA) is 96.6 Å². The molecule has 0 spiro atoms. The molecule has 20 heavy (non-hydrogen) atoms. The summed E-state index contributed by atoms with van der Waals surface area (Å²) in [6.07, 6.45) is 1.21. The van der Waals surface area contributed by atoms with E-state index < -0.39 is 11.9 Å². The maximum atomic E-state index is 11.1. The molecule has 1 aromatic carbocycles. The van der Waals surface area contributed by atoms with E-state index in [2.05, 4.69) is 11.5 Å². The smallest absolute Gasteiger partial charge is 0.381 e. The van der Waals surface area contributed by atoms with Gasteiger partial charge in [0.05, 0.1) is 0 Å². The first-order chi connectivity index (χ1) is 9.43. The molecular formula is C14H11NO5. The van der Waals surface area contributed by atoms with Gasteiger partial charge in [-0.1, -0.05) is 18.7 Å². The van der Waals surface area contributed by atoms with Gasteiger partial charge in [-0.3, -0.25) is 4.89 Å². The molecule has 0 saturated heterocycles. The number of carboxylic acids is 1. The summed E-state index contributed by atoms with van der Waals surface area (Å²) in [5.74, 6) is -1.74. The molecule has 1 aromatic rings. The minimum atomic E-state index is -1.30. The first kappa shape index (κ1) is 15.0. The number of nitriles is 1. The normalized spacial score (nSPS) is 10.3. The van der Waals surface area contributed by atoms with E-state index in [9.17, 15) is 9.59 Å². The first-order valence-electron chi connectivity index (χ1n) is 5.43. The van der Waals surface area contributed by atoms with Crippen LogP contribution in [0.5, 0.6) is 5.75 Å². The average molecular weight is 273 g/mol. The molecule has 0 fully saturated rings. The van der Waals surface area contributed by atoms with Crippen molar-refractivity contribution >= 4 is 18.0 Å². The summed E-state index contributed by atoms with van der Waals surface area (Å²) < 4.78 is 0. The lowest BCUT2D eigenvalue weighted by molar-refractivity contribution is -0.208. The number of nitrogens with zero attached hydrogens (tertiary/aromatic N) is 1. The predicted molar refractivity (Wildman–Crippen MR) is 69.2 cm³/mol. The molecule has 6 heteroatoms. The Bertz CT molecular complexity index is 607. The Labute approximate surface area is 115 Å². The quantitative estimate of drug-likeness (QED) is 0.382. The molecule has 0 atom stereocenters. The van der Waals surface area contributed by atoms with Crippen molar-refractivity contribution in [2.75, 3.05) is 0 Å². The molecule has 0 heterocycles. The van der Waals surface area contributed by atoms with Crippen molar-refractivity contribution in [2.45, 2.75) is 6.92 Å². The molecule has 0 saturated carbocycles. The molecule has 0 unspecified atom stereocenters. The molecule has 0 aliphatic rings. The van der Waals surface area contributed by atoms with E-state index in [1.54, 1.807) is 6.07 Å². The van der Waals surface area contributed by atoms with Gasteiger partial charge in [0.1, 0.15) is 11.6 Å². The summed E-state index contributed by atoms with van der Waals surface area (Å²) in [5.41, 5.74) is 0.319. The predicted octanol–water partition coefficient (Wildman–Crippen LogP) is 2.09. The summed E-state index contributed by atoms with van der Waals surface area (Å²) in [6, 6.07) is 7.54. The van der Waals surface area contributed by atoms with Crippen LogP contribution in [-0.2, 0) is 14.5 Å². The summed E-state index contributed by atoms with van der Waals surface area (Å²) in [4.78, 5) is 31.0. The minimum Gasteiger partial charge on any atom is -0.477 e. The van der Waals surface area contributed by atoms with Gasteiger partial charge in [0.15, 0.2) is 5.75 Å². The number of carbonyl (C=O) groups excluding carboxylic acids is 1. The number of benzene rings is 1. The van der Waals surface area contributed by atoms with E-state index in [4.69, 9.17) is 15.3 Å². The van der Waals surface area contributed by atoms with Crippen LogP contribution in [0.2, 0.25) is 0 Å². The second-order valence-corrected chi connectivity index (χ2v) is 3.78. The second kappa shape index (κ2) is 6.75.